The predicted octanol–water partition coefficient (Wildman–Crippen LogP) is 1.27. The Morgan fingerprint density at radius 1 is 1.35 bits per heavy atom. The summed E-state index contributed by atoms with van der Waals surface area (Å²) < 4.78 is 5.30. The highest BCUT2D eigenvalue weighted by atomic mass is 79.9. The molecule has 7 heteroatoms. The zero-order valence-corrected chi connectivity index (χ0v) is 13.3. The van der Waals surface area contributed by atoms with Gasteiger partial charge in [-0.05, 0) is 29.3 Å². The molecule has 2 aromatic rings. The lowest BCUT2D eigenvalue weighted by Gasteiger charge is -2.09. The lowest BCUT2D eigenvalue weighted by atomic mass is 10.3. The standard InChI is InChI=1S/C13H17BrN4O2/c1-4-6-17-7-5-11(19)18(13(17)20)8-10-12(14)9(2)15-16(10)3/h5,7H,4,6,8H2,1-3H3. The number of nitrogens with zero attached hydrogens (tertiary/aromatic N) is 4. The fourth-order valence-electron chi connectivity index (χ4n) is 2.12. The third-order valence-electron chi connectivity index (χ3n) is 3.17. The molecule has 108 valence electrons. The van der Waals surface area contributed by atoms with Crippen LogP contribution in [0.1, 0.15) is 24.7 Å². The van der Waals surface area contributed by atoms with E-state index in [1.54, 1.807) is 22.5 Å². The van der Waals surface area contributed by atoms with Crippen molar-refractivity contribution >= 4 is 15.9 Å². The summed E-state index contributed by atoms with van der Waals surface area (Å²) in [6.07, 6.45) is 2.39. The van der Waals surface area contributed by atoms with Crippen LogP contribution in [0.25, 0.3) is 0 Å². The van der Waals surface area contributed by atoms with Crippen LogP contribution in [0, 0.1) is 6.92 Å². The number of aryl methyl sites for hydroxylation is 3. The summed E-state index contributed by atoms with van der Waals surface area (Å²) in [7, 11) is 1.80. The molecule has 0 aliphatic heterocycles. The van der Waals surface area contributed by atoms with Crippen LogP contribution < -0.4 is 11.2 Å². The minimum Gasteiger partial charge on any atom is -0.300 e. The van der Waals surface area contributed by atoms with Gasteiger partial charge in [0.2, 0.25) is 0 Å². The van der Waals surface area contributed by atoms with E-state index in [9.17, 15) is 9.59 Å². The maximum Gasteiger partial charge on any atom is 0.331 e. The van der Waals surface area contributed by atoms with Crippen LogP contribution in [0.3, 0.4) is 0 Å². The van der Waals surface area contributed by atoms with Crippen molar-refractivity contribution in [2.24, 2.45) is 7.05 Å². The number of halogens is 1. The fraction of sp³-hybridized carbons (Fsp3) is 0.462. The summed E-state index contributed by atoms with van der Waals surface area (Å²) >= 11 is 3.45. The molecule has 0 radical (unpaired) electrons. The minimum absolute atomic E-state index is 0.208. The van der Waals surface area contributed by atoms with Crippen LogP contribution in [-0.2, 0) is 20.1 Å². The molecule has 0 N–H and O–H groups in total. The third-order valence-corrected chi connectivity index (χ3v) is 4.21. The minimum atomic E-state index is -0.298. The highest BCUT2D eigenvalue weighted by molar-refractivity contribution is 9.10. The molecule has 0 aliphatic rings. The Labute approximate surface area is 124 Å². The van der Waals surface area contributed by atoms with Crippen LogP contribution in [0.4, 0.5) is 0 Å². The van der Waals surface area contributed by atoms with Gasteiger partial charge in [-0.1, -0.05) is 6.92 Å². The maximum atomic E-state index is 12.3. The second-order valence-electron chi connectivity index (χ2n) is 4.69. The van der Waals surface area contributed by atoms with Gasteiger partial charge in [-0.25, -0.2) is 4.79 Å². The van der Waals surface area contributed by atoms with Crippen molar-refractivity contribution in [3.8, 4) is 0 Å². The van der Waals surface area contributed by atoms with Crippen molar-refractivity contribution in [3.63, 3.8) is 0 Å². The van der Waals surface area contributed by atoms with E-state index in [0.29, 0.717) is 6.54 Å². The van der Waals surface area contributed by atoms with E-state index < -0.39 is 0 Å². The zero-order valence-electron chi connectivity index (χ0n) is 11.8. The Bertz CT molecular complexity index is 742. The Hall–Kier alpha value is -1.63. The van der Waals surface area contributed by atoms with E-state index in [-0.39, 0.29) is 17.8 Å². The van der Waals surface area contributed by atoms with Crippen LogP contribution in [0.15, 0.2) is 26.3 Å². The number of hydrogen-bond donors (Lipinski definition) is 0. The molecule has 0 saturated heterocycles. The van der Waals surface area contributed by atoms with Crippen LogP contribution in [-0.4, -0.2) is 18.9 Å². The molecule has 0 amide bonds. The van der Waals surface area contributed by atoms with Crippen LogP contribution >= 0.6 is 15.9 Å². The first-order chi connectivity index (χ1) is 9.45. The summed E-state index contributed by atoms with van der Waals surface area (Å²) in [5.74, 6) is 0. The molecule has 0 fully saturated rings. The Morgan fingerprint density at radius 2 is 2.05 bits per heavy atom. The SMILES string of the molecule is CCCn1ccc(=O)n(Cc2c(Br)c(C)nn2C)c1=O. The van der Waals surface area contributed by atoms with Gasteiger partial charge in [0.15, 0.2) is 0 Å². The first-order valence-electron chi connectivity index (χ1n) is 6.44. The first-order valence-corrected chi connectivity index (χ1v) is 7.23. The molecule has 2 aromatic heterocycles. The number of hydrogen-bond acceptors (Lipinski definition) is 3. The summed E-state index contributed by atoms with van der Waals surface area (Å²) in [4.78, 5) is 24.2. The predicted molar refractivity (Wildman–Crippen MR) is 80.0 cm³/mol. The van der Waals surface area contributed by atoms with Gasteiger partial charge in [0.1, 0.15) is 0 Å². The van der Waals surface area contributed by atoms with Gasteiger partial charge >= 0.3 is 5.69 Å². The average Bonchev–Trinajstić information content (AvgIpc) is 2.64. The third kappa shape index (κ3) is 2.63. The summed E-state index contributed by atoms with van der Waals surface area (Å²) in [6.45, 7) is 4.67. The summed E-state index contributed by atoms with van der Waals surface area (Å²) in [5, 5.41) is 4.27. The van der Waals surface area contributed by atoms with Crippen molar-refractivity contribution in [1.29, 1.82) is 0 Å². The van der Waals surface area contributed by atoms with Crippen molar-refractivity contribution < 1.29 is 0 Å². The second-order valence-corrected chi connectivity index (χ2v) is 5.48. The Morgan fingerprint density at radius 3 is 2.60 bits per heavy atom. The Balaban J connectivity index is 2.51. The quantitative estimate of drug-likeness (QED) is 0.842. The zero-order chi connectivity index (χ0) is 14.9. The summed E-state index contributed by atoms with van der Waals surface area (Å²) in [5.41, 5.74) is 1.05. The van der Waals surface area contributed by atoms with Crippen LogP contribution in [0.2, 0.25) is 0 Å². The largest absolute Gasteiger partial charge is 0.331 e. The molecule has 0 spiro atoms. The molecular formula is C13H17BrN4O2. The first kappa shape index (κ1) is 14.8. The molecule has 6 nitrogen and oxygen atoms in total. The molecule has 20 heavy (non-hydrogen) atoms. The lowest BCUT2D eigenvalue weighted by molar-refractivity contribution is 0.554. The molecule has 0 atom stereocenters. The summed E-state index contributed by atoms with van der Waals surface area (Å²) in [6, 6.07) is 1.42. The second kappa shape index (κ2) is 5.78. The van der Waals surface area contributed by atoms with Gasteiger partial charge in [0.25, 0.3) is 5.56 Å². The molecule has 0 saturated carbocycles. The molecule has 0 aliphatic carbocycles. The lowest BCUT2D eigenvalue weighted by Crippen LogP contribution is -2.39. The van der Waals surface area contributed by atoms with Gasteiger partial charge < -0.3 is 4.57 Å². The number of rotatable bonds is 4. The van der Waals surface area contributed by atoms with Gasteiger partial charge in [-0.2, -0.15) is 5.10 Å². The van der Waals surface area contributed by atoms with Crippen LogP contribution in [0.5, 0.6) is 0 Å². The van der Waals surface area contributed by atoms with Crippen molar-refractivity contribution in [1.82, 2.24) is 18.9 Å². The van der Waals surface area contributed by atoms with Gasteiger partial charge in [0, 0.05) is 25.9 Å². The normalized spacial score (nSPS) is 11.0. The molecule has 0 unspecified atom stereocenters. The van der Waals surface area contributed by atoms with E-state index in [1.165, 1.54) is 10.6 Å². The maximum absolute atomic E-state index is 12.3. The van der Waals surface area contributed by atoms with E-state index >= 15 is 0 Å². The topological polar surface area (TPSA) is 61.8 Å². The Kier molecular flexibility index (Phi) is 4.27. The van der Waals surface area contributed by atoms with Crippen molar-refractivity contribution in [2.45, 2.75) is 33.4 Å². The smallest absolute Gasteiger partial charge is 0.300 e. The monoisotopic (exact) mass is 340 g/mol. The van der Waals surface area contributed by atoms with Gasteiger partial charge in [-0.3, -0.25) is 14.0 Å². The molecule has 2 rings (SSSR count). The molecular weight excluding hydrogens is 324 g/mol. The van der Waals surface area contributed by atoms with E-state index in [2.05, 4.69) is 21.0 Å². The van der Waals surface area contributed by atoms with Gasteiger partial charge in [0.05, 0.1) is 22.4 Å². The number of aromatic nitrogens is 4. The highest BCUT2D eigenvalue weighted by Crippen LogP contribution is 2.20. The fourth-order valence-corrected chi connectivity index (χ4v) is 2.58. The van der Waals surface area contributed by atoms with Crippen molar-refractivity contribution in [3.05, 3.63) is 49.0 Å². The van der Waals surface area contributed by atoms with E-state index in [1.807, 2.05) is 13.8 Å². The van der Waals surface area contributed by atoms with Gasteiger partial charge in [-0.15, -0.1) is 0 Å². The van der Waals surface area contributed by atoms with Crippen molar-refractivity contribution in [2.75, 3.05) is 0 Å². The van der Waals surface area contributed by atoms with E-state index in [4.69, 9.17) is 0 Å². The molecule has 2 heterocycles. The average molecular weight is 341 g/mol. The molecule has 0 aromatic carbocycles. The highest BCUT2D eigenvalue weighted by Gasteiger charge is 2.14. The molecule has 0 bridgehead atoms. The van der Waals surface area contributed by atoms with E-state index in [0.717, 1.165) is 22.3 Å².